The standard InChI is InChI=1S/C18H18ClN4O3/c19-14-10-15(17-18(24)21-8-4-5-9-22(21)23(17)25)20-11-16(14)26-12-13-6-2-1-3-7-13/h1-3,6-7,10-11,17H,4-5,8-9,12H2/q+1. The van der Waals surface area contributed by atoms with Gasteiger partial charge in [-0.05, 0) is 29.6 Å². The van der Waals surface area contributed by atoms with Crippen LogP contribution in [0, 0.1) is 4.91 Å². The average Bonchev–Trinajstić information content (AvgIpc) is 2.93. The number of pyridine rings is 1. The minimum Gasteiger partial charge on any atom is -0.486 e. The number of ether oxygens (including phenoxy) is 1. The Bertz CT molecular complexity index is 822. The Morgan fingerprint density at radius 3 is 2.73 bits per heavy atom. The van der Waals surface area contributed by atoms with Crippen LogP contribution in [0.15, 0.2) is 42.6 Å². The second-order valence-corrected chi connectivity index (χ2v) is 6.69. The van der Waals surface area contributed by atoms with E-state index in [1.807, 2.05) is 30.3 Å². The van der Waals surface area contributed by atoms with Crippen LogP contribution in [0.25, 0.3) is 0 Å². The Morgan fingerprint density at radius 1 is 1.23 bits per heavy atom. The number of benzene rings is 1. The van der Waals surface area contributed by atoms with Gasteiger partial charge < -0.3 is 4.74 Å². The summed E-state index contributed by atoms with van der Waals surface area (Å²) < 4.78 is 5.70. The molecule has 0 N–H and O–H groups in total. The highest BCUT2D eigenvalue weighted by Gasteiger charge is 2.56. The summed E-state index contributed by atoms with van der Waals surface area (Å²) in [6.07, 6.45) is 3.24. The fourth-order valence-electron chi connectivity index (χ4n) is 3.21. The van der Waals surface area contributed by atoms with Gasteiger partial charge in [0.15, 0.2) is 10.6 Å². The molecule has 0 saturated carbocycles. The maximum Gasteiger partial charge on any atom is 0.356 e. The molecule has 2 aliphatic rings. The van der Waals surface area contributed by atoms with E-state index < -0.39 is 6.04 Å². The first kappa shape index (κ1) is 16.8. The summed E-state index contributed by atoms with van der Waals surface area (Å²) in [5, 5.41) is 3.27. The van der Waals surface area contributed by atoms with Crippen molar-refractivity contribution >= 4 is 17.5 Å². The van der Waals surface area contributed by atoms with Crippen LogP contribution in [0.1, 0.15) is 30.1 Å². The maximum absolute atomic E-state index is 12.6. The SMILES string of the molecule is O=C1C(c2cc(Cl)c(OCc3ccccc3)cn2)[N+](=O)N2CCCCN12. The Morgan fingerprint density at radius 2 is 2.00 bits per heavy atom. The van der Waals surface area contributed by atoms with Crippen LogP contribution in [0.3, 0.4) is 0 Å². The number of amides is 1. The number of hydrogen-bond donors (Lipinski definition) is 0. The van der Waals surface area contributed by atoms with Crippen LogP contribution in [0.5, 0.6) is 5.75 Å². The number of nitroso groups, excluding NO2 is 1. The van der Waals surface area contributed by atoms with Gasteiger partial charge in [-0.25, -0.2) is 4.98 Å². The molecule has 2 saturated heterocycles. The molecule has 8 heteroatoms. The topological polar surface area (TPSA) is 65.8 Å². The van der Waals surface area contributed by atoms with Gasteiger partial charge in [-0.3, -0.25) is 4.79 Å². The number of hydrogen-bond acceptors (Lipinski definition) is 4. The Balaban J connectivity index is 1.52. The molecule has 2 aliphatic heterocycles. The molecule has 3 heterocycles. The van der Waals surface area contributed by atoms with Crippen LogP contribution < -0.4 is 4.74 Å². The Labute approximate surface area is 155 Å². The average molecular weight is 374 g/mol. The first-order chi connectivity index (χ1) is 12.6. The predicted molar refractivity (Wildman–Crippen MR) is 94.0 cm³/mol. The monoisotopic (exact) mass is 373 g/mol. The van der Waals surface area contributed by atoms with Crippen LogP contribution in [0.2, 0.25) is 5.02 Å². The highest BCUT2D eigenvalue weighted by atomic mass is 35.5. The molecule has 7 nitrogen and oxygen atoms in total. The summed E-state index contributed by atoms with van der Waals surface area (Å²) in [4.78, 5) is 30.1. The number of rotatable bonds is 4. The summed E-state index contributed by atoms with van der Waals surface area (Å²) in [5.74, 6) is 0.154. The minimum atomic E-state index is -0.992. The molecule has 0 aliphatic carbocycles. The molecule has 2 fully saturated rings. The second kappa shape index (κ2) is 6.92. The van der Waals surface area contributed by atoms with E-state index >= 15 is 0 Å². The molecule has 1 aromatic heterocycles. The van der Waals surface area contributed by atoms with Crippen molar-refractivity contribution < 1.29 is 14.4 Å². The van der Waals surface area contributed by atoms with Crippen LogP contribution in [-0.2, 0) is 11.4 Å². The third kappa shape index (κ3) is 2.99. The summed E-state index contributed by atoms with van der Waals surface area (Å²) >= 11 is 6.30. The van der Waals surface area contributed by atoms with Crippen molar-refractivity contribution in [1.82, 2.24) is 15.1 Å². The highest BCUT2D eigenvalue weighted by Crippen LogP contribution is 2.33. The lowest BCUT2D eigenvalue weighted by Gasteiger charge is -2.24. The number of carbonyl (C=O) groups excluding carboxylic acids is 1. The number of aromatic nitrogens is 1. The van der Waals surface area contributed by atoms with E-state index in [1.54, 1.807) is 0 Å². The van der Waals surface area contributed by atoms with Crippen molar-refractivity contribution in [2.45, 2.75) is 25.5 Å². The highest BCUT2D eigenvalue weighted by molar-refractivity contribution is 6.32. The van der Waals surface area contributed by atoms with Crippen LogP contribution >= 0.6 is 11.6 Å². The molecule has 2 aromatic rings. The van der Waals surface area contributed by atoms with Crippen LogP contribution in [-0.4, -0.2) is 39.0 Å². The fourth-order valence-corrected chi connectivity index (χ4v) is 3.43. The van der Waals surface area contributed by atoms with E-state index in [1.165, 1.54) is 22.4 Å². The van der Waals surface area contributed by atoms with Gasteiger partial charge in [-0.15, -0.1) is 0 Å². The van der Waals surface area contributed by atoms with Gasteiger partial charge in [0.2, 0.25) is 0 Å². The van der Waals surface area contributed by atoms with E-state index in [4.69, 9.17) is 16.3 Å². The molecule has 26 heavy (non-hydrogen) atoms. The zero-order valence-electron chi connectivity index (χ0n) is 14.0. The van der Waals surface area contributed by atoms with Crippen molar-refractivity contribution in [3.8, 4) is 5.75 Å². The van der Waals surface area contributed by atoms with Gasteiger partial charge >= 0.3 is 11.9 Å². The van der Waals surface area contributed by atoms with Gasteiger partial charge in [-0.2, -0.15) is 5.01 Å². The molecule has 1 amide bonds. The normalized spacial score (nSPS) is 19.7. The van der Waals surface area contributed by atoms with Crippen LogP contribution in [0.4, 0.5) is 0 Å². The third-order valence-corrected chi connectivity index (χ3v) is 4.85. The quantitative estimate of drug-likeness (QED) is 0.771. The molecular weight excluding hydrogens is 356 g/mol. The Kier molecular flexibility index (Phi) is 4.46. The van der Waals surface area contributed by atoms with Crippen molar-refractivity contribution in [3.05, 3.63) is 63.8 Å². The van der Waals surface area contributed by atoms with E-state index in [-0.39, 0.29) is 5.91 Å². The van der Waals surface area contributed by atoms with E-state index in [0.717, 1.165) is 18.4 Å². The van der Waals surface area contributed by atoms with Crippen molar-refractivity contribution in [1.29, 1.82) is 0 Å². The molecule has 0 bridgehead atoms. The number of nitrogens with zero attached hydrogens (tertiary/aromatic N) is 4. The summed E-state index contributed by atoms with van der Waals surface area (Å²) in [6.45, 7) is 1.46. The van der Waals surface area contributed by atoms with Gasteiger partial charge in [0.25, 0.3) is 0 Å². The largest absolute Gasteiger partial charge is 0.486 e. The number of carbonyl (C=O) groups is 1. The minimum absolute atomic E-state index is 0.263. The lowest BCUT2D eigenvalue weighted by Crippen LogP contribution is -2.45. The molecule has 0 spiro atoms. The lowest BCUT2D eigenvalue weighted by molar-refractivity contribution is -0.741. The molecule has 4 rings (SSSR count). The van der Waals surface area contributed by atoms with Gasteiger partial charge in [0.05, 0.1) is 16.1 Å². The zero-order chi connectivity index (χ0) is 18.1. The van der Waals surface area contributed by atoms with Gasteiger partial charge in [-0.1, -0.05) is 41.9 Å². The lowest BCUT2D eigenvalue weighted by atomic mass is 10.1. The number of hydrazine groups is 2. The summed E-state index contributed by atoms with van der Waals surface area (Å²) in [5.41, 5.74) is 1.34. The van der Waals surface area contributed by atoms with Crippen molar-refractivity contribution in [2.24, 2.45) is 0 Å². The molecule has 1 aromatic carbocycles. The molecular formula is C18H18ClN4O3+. The van der Waals surface area contributed by atoms with E-state index in [2.05, 4.69) is 4.98 Å². The first-order valence-electron chi connectivity index (χ1n) is 8.52. The third-order valence-electron chi connectivity index (χ3n) is 4.55. The van der Waals surface area contributed by atoms with E-state index in [9.17, 15) is 9.70 Å². The molecule has 1 unspecified atom stereocenters. The second-order valence-electron chi connectivity index (χ2n) is 6.28. The molecule has 1 atom stereocenters. The first-order valence-corrected chi connectivity index (χ1v) is 8.90. The zero-order valence-corrected chi connectivity index (χ0v) is 14.8. The summed E-state index contributed by atoms with van der Waals surface area (Å²) in [7, 11) is 0. The number of halogens is 1. The Hall–Kier alpha value is -2.67. The van der Waals surface area contributed by atoms with Gasteiger partial charge in [0.1, 0.15) is 18.8 Å². The van der Waals surface area contributed by atoms with Gasteiger partial charge in [0, 0.05) is 6.54 Å². The van der Waals surface area contributed by atoms with Crippen molar-refractivity contribution in [2.75, 3.05) is 13.1 Å². The van der Waals surface area contributed by atoms with Crippen molar-refractivity contribution in [3.63, 3.8) is 0 Å². The molecule has 134 valence electrons. The summed E-state index contributed by atoms with van der Waals surface area (Å²) in [6, 6.07) is 10.2. The molecule has 0 radical (unpaired) electrons. The smallest absolute Gasteiger partial charge is 0.356 e. The number of fused-ring (bicyclic) bond motifs is 1. The van der Waals surface area contributed by atoms with E-state index in [0.29, 0.717) is 41.0 Å². The predicted octanol–water partition coefficient (Wildman–Crippen LogP) is 2.90. The maximum atomic E-state index is 12.6. The fraction of sp³-hybridized carbons (Fsp3) is 0.333.